The van der Waals surface area contributed by atoms with E-state index < -0.39 is 0 Å². The van der Waals surface area contributed by atoms with Gasteiger partial charge >= 0.3 is 0 Å². The zero-order chi connectivity index (χ0) is 7.33. The van der Waals surface area contributed by atoms with Crippen LogP contribution < -0.4 is 0 Å². The van der Waals surface area contributed by atoms with Crippen LogP contribution in [0, 0.1) is 5.41 Å². The van der Waals surface area contributed by atoms with Gasteiger partial charge in [0.2, 0.25) is 0 Å². The Morgan fingerprint density at radius 3 is 2.33 bits per heavy atom. The van der Waals surface area contributed by atoms with Crippen molar-refractivity contribution >= 4 is 0 Å². The van der Waals surface area contributed by atoms with Crippen molar-refractivity contribution in [3.8, 4) is 0 Å². The highest BCUT2D eigenvalue weighted by Gasteiger charge is 2.08. The lowest BCUT2D eigenvalue weighted by molar-refractivity contribution is 0.339. The molecule has 0 amide bonds. The third-order valence-electron chi connectivity index (χ3n) is 1.59. The minimum Gasteiger partial charge on any atom is -0.392 e. The van der Waals surface area contributed by atoms with Gasteiger partial charge in [0.05, 0.1) is 6.61 Å². The Morgan fingerprint density at radius 2 is 2.00 bits per heavy atom. The first-order valence-electron chi connectivity index (χ1n) is 3.41. The fraction of sp³-hybridized carbons (Fsp3) is 0.750. The second-order valence-electron chi connectivity index (χ2n) is 2.93. The maximum Gasteiger partial charge on any atom is 0.0612 e. The van der Waals surface area contributed by atoms with Crippen LogP contribution in [0.4, 0.5) is 0 Å². The molecule has 54 valence electrons. The molecule has 1 heteroatoms. The van der Waals surface area contributed by atoms with Crippen molar-refractivity contribution in [1.29, 1.82) is 0 Å². The molecule has 0 fully saturated rings. The van der Waals surface area contributed by atoms with Crippen molar-refractivity contribution < 1.29 is 5.11 Å². The van der Waals surface area contributed by atoms with E-state index >= 15 is 0 Å². The molecule has 9 heavy (non-hydrogen) atoms. The average molecular weight is 128 g/mol. The summed E-state index contributed by atoms with van der Waals surface area (Å²) in [4.78, 5) is 0. The van der Waals surface area contributed by atoms with Gasteiger partial charge in [-0.15, -0.1) is 0 Å². The molecule has 0 aliphatic rings. The summed E-state index contributed by atoms with van der Waals surface area (Å²) < 4.78 is 0. The first kappa shape index (κ1) is 8.70. The van der Waals surface area contributed by atoms with Gasteiger partial charge in [-0.1, -0.05) is 32.9 Å². The molecule has 0 atom stereocenters. The molecule has 0 unspecified atom stereocenters. The predicted molar refractivity (Wildman–Crippen MR) is 40.3 cm³/mol. The summed E-state index contributed by atoms with van der Waals surface area (Å²) in [6.07, 6.45) is 4.96. The van der Waals surface area contributed by atoms with Crippen molar-refractivity contribution in [1.82, 2.24) is 0 Å². The van der Waals surface area contributed by atoms with Gasteiger partial charge in [-0.2, -0.15) is 0 Å². The first-order chi connectivity index (χ1) is 4.12. The van der Waals surface area contributed by atoms with E-state index in [-0.39, 0.29) is 12.0 Å². The molecule has 0 radical (unpaired) electrons. The van der Waals surface area contributed by atoms with E-state index in [0.717, 1.165) is 6.42 Å². The van der Waals surface area contributed by atoms with Crippen molar-refractivity contribution in [3.63, 3.8) is 0 Å². The third-order valence-corrected chi connectivity index (χ3v) is 1.59. The lowest BCUT2D eigenvalue weighted by Gasteiger charge is -2.16. The highest BCUT2D eigenvalue weighted by Crippen LogP contribution is 2.20. The summed E-state index contributed by atoms with van der Waals surface area (Å²) in [5.41, 5.74) is 0.253. The number of allylic oxidation sites excluding steroid dienone is 1. The normalized spacial score (nSPS) is 12.9. The molecule has 0 aromatic heterocycles. The Hall–Kier alpha value is -0.300. The Morgan fingerprint density at radius 1 is 1.44 bits per heavy atom. The smallest absolute Gasteiger partial charge is 0.0612 e. The Kier molecular flexibility index (Phi) is 3.55. The zero-order valence-corrected chi connectivity index (χ0v) is 6.52. The Bertz CT molecular complexity index is 92.7. The second kappa shape index (κ2) is 3.67. The van der Waals surface area contributed by atoms with Crippen molar-refractivity contribution in [2.75, 3.05) is 6.61 Å². The van der Waals surface area contributed by atoms with Crippen molar-refractivity contribution in [2.45, 2.75) is 27.2 Å². The number of hydrogen-bond donors (Lipinski definition) is 1. The van der Waals surface area contributed by atoms with E-state index in [2.05, 4.69) is 20.8 Å². The Balaban J connectivity index is 3.70. The van der Waals surface area contributed by atoms with E-state index in [4.69, 9.17) is 5.11 Å². The van der Waals surface area contributed by atoms with Crippen LogP contribution in [-0.2, 0) is 0 Å². The van der Waals surface area contributed by atoms with Gasteiger partial charge in [0.15, 0.2) is 0 Å². The Labute approximate surface area is 57.4 Å². The van der Waals surface area contributed by atoms with Crippen LogP contribution in [0.1, 0.15) is 27.2 Å². The summed E-state index contributed by atoms with van der Waals surface area (Å²) >= 11 is 0. The van der Waals surface area contributed by atoms with E-state index in [0.29, 0.717) is 0 Å². The maximum absolute atomic E-state index is 8.44. The number of aliphatic hydroxyl groups excluding tert-OH is 1. The minimum atomic E-state index is 0.156. The molecule has 0 bridgehead atoms. The third kappa shape index (κ3) is 4.22. The fourth-order valence-electron chi connectivity index (χ4n) is 0.490. The van der Waals surface area contributed by atoms with Gasteiger partial charge in [0.25, 0.3) is 0 Å². The van der Waals surface area contributed by atoms with Crippen molar-refractivity contribution in [3.05, 3.63) is 12.2 Å². The molecule has 0 saturated carbocycles. The molecule has 0 aliphatic heterocycles. The van der Waals surface area contributed by atoms with Crippen molar-refractivity contribution in [2.24, 2.45) is 5.41 Å². The molecular weight excluding hydrogens is 112 g/mol. The van der Waals surface area contributed by atoms with Crippen LogP contribution in [0.2, 0.25) is 0 Å². The molecule has 0 spiro atoms. The number of hydrogen-bond acceptors (Lipinski definition) is 1. The first-order valence-corrected chi connectivity index (χ1v) is 3.41. The summed E-state index contributed by atoms with van der Waals surface area (Å²) in [5, 5.41) is 8.44. The second-order valence-corrected chi connectivity index (χ2v) is 2.93. The minimum absolute atomic E-state index is 0.156. The largest absolute Gasteiger partial charge is 0.392 e. The average Bonchev–Trinajstić information content (AvgIpc) is 1.84. The van der Waals surface area contributed by atoms with Crippen LogP contribution in [0.15, 0.2) is 12.2 Å². The van der Waals surface area contributed by atoms with Crippen LogP contribution in [0.25, 0.3) is 0 Å². The summed E-state index contributed by atoms with van der Waals surface area (Å²) in [7, 11) is 0. The molecule has 0 aromatic rings. The highest BCUT2D eigenvalue weighted by molar-refractivity contribution is 4.93. The lowest BCUT2D eigenvalue weighted by atomic mass is 9.90. The van der Waals surface area contributed by atoms with Crippen LogP contribution in [-0.4, -0.2) is 11.7 Å². The van der Waals surface area contributed by atoms with Gasteiger partial charge in [0.1, 0.15) is 0 Å². The van der Waals surface area contributed by atoms with Gasteiger partial charge in [-0.3, -0.25) is 0 Å². The quantitative estimate of drug-likeness (QED) is 0.576. The summed E-state index contributed by atoms with van der Waals surface area (Å²) in [6.45, 7) is 6.60. The maximum atomic E-state index is 8.44. The molecule has 0 aliphatic carbocycles. The fourth-order valence-corrected chi connectivity index (χ4v) is 0.490. The number of aliphatic hydroxyl groups is 1. The molecule has 1 N–H and O–H groups in total. The van der Waals surface area contributed by atoms with Gasteiger partial charge in [-0.05, 0) is 11.8 Å². The van der Waals surface area contributed by atoms with Gasteiger partial charge < -0.3 is 5.11 Å². The van der Waals surface area contributed by atoms with E-state index in [9.17, 15) is 0 Å². The highest BCUT2D eigenvalue weighted by atomic mass is 16.2. The number of rotatable bonds is 3. The summed E-state index contributed by atoms with van der Waals surface area (Å²) in [5.74, 6) is 0. The van der Waals surface area contributed by atoms with Gasteiger partial charge in [-0.25, -0.2) is 0 Å². The lowest BCUT2D eigenvalue weighted by Crippen LogP contribution is -2.04. The monoisotopic (exact) mass is 128 g/mol. The molecule has 0 rings (SSSR count). The zero-order valence-electron chi connectivity index (χ0n) is 6.52. The molecular formula is C8H16O. The van der Waals surface area contributed by atoms with Crippen LogP contribution in [0.3, 0.4) is 0 Å². The van der Waals surface area contributed by atoms with E-state index in [1.54, 1.807) is 6.08 Å². The summed E-state index contributed by atoms with van der Waals surface area (Å²) in [6, 6.07) is 0. The topological polar surface area (TPSA) is 20.2 Å². The predicted octanol–water partition coefficient (Wildman–Crippen LogP) is 1.97. The van der Waals surface area contributed by atoms with Crippen LogP contribution >= 0.6 is 0 Å². The molecule has 0 saturated heterocycles. The SMILES string of the molecule is CCC(C)(C)/C=C/CO. The molecule has 1 nitrogen and oxygen atoms in total. The van der Waals surface area contributed by atoms with Crippen LogP contribution in [0.5, 0.6) is 0 Å². The molecule has 0 aromatic carbocycles. The van der Waals surface area contributed by atoms with E-state index in [1.807, 2.05) is 6.08 Å². The standard InChI is InChI=1S/C8H16O/c1-4-8(2,3)6-5-7-9/h5-6,9H,4,7H2,1-3H3/b6-5+. The van der Waals surface area contributed by atoms with E-state index in [1.165, 1.54) is 0 Å². The molecule has 0 heterocycles. The van der Waals surface area contributed by atoms with Gasteiger partial charge in [0, 0.05) is 0 Å².